The van der Waals surface area contributed by atoms with E-state index in [-0.39, 0.29) is 18.9 Å². The van der Waals surface area contributed by atoms with Crippen molar-refractivity contribution in [3.63, 3.8) is 0 Å². The van der Waals surface area contributed by atoms with Crippen LogP contribution in [0, 0.1) is 6.92 Å². The molecule has 134 valence electrons. The van der Waals surface area contributed by atoms with E-state index < -0.39 is 10.0 Å². The number of carbonyl (C=O) groups is 1. The fraction of sp³-hybridized carbons (Fsp3) is 0.278. The van der Waals surface area contributed by atoms with Crippen molar-refractivity contribution in [3.8, 4) is 0 Å². The number of aryl methyl sites for hydroxylation is 1. The van der Waals surface area contributed by atoms with Gasteiger partial charge in [0.25, 0.3) is 0 Å². The number of rotatable bonds is 7. The number of nitrogens with zero attached hydrogens (tertiary/aromatic N) is 1. The van der Waals surface area contributed by atoms with Crippen molar-refractivity contribution in [2.24, 2.45) is 0 Å². The number of carbonyl (C=O) groups excluding carboxylic acids is 1. The highest BCUT2D eigenvalue weighted by atomic mass is 79.9. The first-order valence-electron chi connectivity index (χ1n) is 7.85. The fourth-order valence-corrected chi connectivity index (χ4v) is 3.57. The predicted molar refractivity (Wildman–Crippen MR) is 105 cm³/mol. The number of anilines is 2. The molecule has 5 nitrogen and oxygen atoms in total. The molecule has 0 aliphatic heterocycles. The molecule has 0 saturated carbocycles. The number of halogens is 1. The molecule has 0 unspecified atom stereocenters. The third-order valence-corrected chi connectivity index (χ3v) is 5.34. The highest BCUT2D eigenvalue weighted by Crippen LogP contribution is 2.19. The van der Waals surface area contributed by atoms with E-state index in [1.54, 1.807) is 24.3 Å². The molecular formula is C18H21BrN2O3S. The largest absolute Gasteiger partial charge is 0.326 e. The van der Waals surface area contributed by atoms with Gasteiger partial charge in [-0.1, -0.05) is 33.6 Å². The lowest BCUT2D eigenvalue weighted by Crippen LogP contribution is -2.31. The van der Waals surface area contributed by atoms with Crippen molar-refractivity contribution in [3.05, 3.63) is 58.6 Å². The predicted octanol–water partition coefficient (Wildman–Crippen LogP) is 3.94. The molecule has 1 N–H and O–H groups in total. The number of sulfonamides is 1. The van der Waals surface area contributed by atoms with Crippen molar-refractivity contribution in [1.82, 2.24) is 0 Å². The van der Waals surface area contributed by atoms with Crippen LogP contribution < -0.4 is 9.62 Å². The highest BCUT2D eigenvalue weighted by molar-refractivity contribution is 9.10. The first kappa shape index (κ1) is 19.5. The zero-order valence-electron chi connectivity index (χ0n) is 14.2. The summed E-state index contributed by atoms with van der Waals surface area (Å²) in [6.45, 7) is 2.21. The highest BCUT2D eigenvalue weighted by Gasteiger charge is 2.17. The van der Waals surface area contributed by atoms with Gasteiger partial charge in [0.15, 0.2) is 0 Å². The van der Waals surface area contributed by atoms with Crippen LogP contribution in [0.2, 0.25) is 0 Å². The molecule has 2 rings (SSSR count). The van der Waals surface area contributed by atoms with Gasteiger partial charge in [-0.25, -0.2) is 8.42 Å². The van der Waals surface area contributed by atoms with Crippen LogP contribution in [0.1, 0.15) is 18.4 Å². The van der Waals surface area contributed by atoms with Crippen LogP contribution >= 0.6 is 15.9 Å². The minimum Gasteiger partial charge on any atom is -0.326 e. The van der Waals surface area contributed by atoms with Crippen LogP contribution in [0.3, 0.4) is 0 Å². The van der Waals surface area contributed by atoms with Crippen molar-refractivity contribution in [1.29, 1.82) is 0 Å². The van der Waals surface area contributed by atoms with Crippen LogP contribution in [-0.2, 0) is 14.8 Å². The Morgan fingerprint density at radius 3 is 2.24 bits per heavy atom. The van der Waals surface area contributed by atoms with Crippen LogP contribution in [0.5, 0.6) is 0 Å². The Kier molecular flexibility index (Phi) is 6.61. The lowest BCUT2D eigenvalue weighted by Gasteiger charge is -2.22. The van der Waals surface area contributed by atoms with Crippen LogP contribution in [-0.4, -0.2) is 27.1 Å². The van der Waals surface area contributed by atoms with E-state index in [0.717, 1.165) is 10.0 Å². The Balaban J connectivity index is 1.93. The average Bonchev–Trinajstić information content (AvgIpc) is 2.54. The second-order valence-corrected chi connectivity index (χ2v) is 8.65. The quantitative estimate of drug-likeness (QED) is 0.731. The summed E-state index contributed by atoms with van der Waals surface area (Å²) in [5, 5.41) is 2.80. The molecule has 25 heavy (non-hydrogen) atoms. The van der Waals surface area contributed by atoms with Gasteiger partial charge in [0.1, 0.15) is 0 Å². The van der Waals surface area contributed by atoms with E-state index in [1.165, 1.54) is 10.6 Å². The molecule has 0 aliphatic carbocycles. The molecule has 0 aromatic heterocycles. The molecule has 0 aliphatic rings. The first-order chi connectivity index (χ1) is 11.8. The maximum Gasteiger partial charge on any atom is 0.232 e. The minimum absolute atomic E-state index is 0.139. The molecule has 0 heterocycles. The first-order valence-corrected chi connectivity index (χ1v) is 10.5. The fourth-order valence-electron chi connectivity index (χ4n) is 2.34. The molecule has 0 atom stereocenters. The second kappa shape index (κ2) is 8.49. The lowest BCUT2D eigenvalue weighted by atomic mass is 10.2. The summed E-state index contributed by atoms with van der Waals surface area (Å²) in [6, 6.07) is 14.6. The zero-order valence-corrected chi connectivity index (χ0v) is 16.6. The van der Waals surface area contributed by atoms with Crippen molar-refractivity contribution in [2.45, 2.75) is 19.8 Å². The SMILES string of the molecule is Cc1ccc(N(CCCC(=O)Nc2ccc(Br)cc2)S(C)(=O)=O)cc1. The van der Waals surface area contributed by atoms with E-state index in [1.807, 2.05) is 31.2 Å². The molecule has 0 fully saturated rings. The number of hydrogen-bond donors (Lipinski definition) is 1. The maximum atomic E-state index is 12.0. The monoisotopic (exact) mass is 424 g/mol. The summed E-state index contributed by atoms with van der Waals surface area (Å²) in [5.74, 6) is -0.139. The topological polar surface area (TPSA) is 66.5 Å². The maximum absolute atomic E-state index is 12.0. The van der Waals surface area contributed by atoms with Crippen LogP contribution in [0.15, 0.2) is 53.0 Å². The van der Waals surface area contributed by atoms with Gasteiger partial charge in [-0.15, -0.1) is 0 Å². The molecule has 2 aromatic carbocycles. The van der Waals surface area contributed by atoms with E-state index in [4.69, 9.17) is 0 Å². The number of hydrogen-bond acceptors (Lipinski definition) is 3. The number of amides is 1. The van der Waals surface area contributed by atoms with Gasteiger partial charge < -0.3 is 5.32 Å². The molecule has 0 spiro atoms. The van der Waals surface area contributed by atoms with E-state index in [9.17, 15) is 13.2 Å². The van der Waals surface area contributed by atoms with Gasteiger partial charge in [-0.2, -0.15) is 0 Å². The van der Waals surface area contributed by atoms with Crippen LogP contribution in [0.4, 0.5) is 11.4 Å². The summed E-state index contributed by atoms with van der Waals surface area (Å²) >= 11 is 3.34. The van der Waals surface area contributed by atoms with Gasteiger partial charge >= 0.3 is 0 Å². The van der Waals surface area contributed by atoms with Crippen LogP contribution in [0.25, 0.3) is 0 Å². The molecule has 2 aromatic rings. The lowest BCUT2D eigenvalue weighted by molar-refractivity contribution is -0.116. The Morgan fingerprint density at radius 1 is 1.08 bits per heavy atom. The molecule has 0 bridgehead atoms. The van der Waals surface area contributed by atoms with Gasteiger partial charge in [0, 0.05) is 23.1 Å². The third kappa shape index (κ3) is 6.17. The van der Waals surface area contributed by atoms with Gasteiger partial charge in [0.2, 0.25) is 15.9 Å². The standard InChI is InChI=1S/C18H21BrN2O3S/c1-14-5-11-17(12-6-14)21(25(2,23)24)13-3-4-18(22)20-16-9-7-15(19)8-10-16/h5-12H,3-4,13H2,1-2H3,(H,20,22). The molecule has 0 saturated heterocycles. The smallest absolute Gasteiger partial charge is 0.232 e. The number of nitrogens with one attached hydrogen (secondary N) is 1. The van der Waals surface area contributed by atoms with E-state index >= 15 is 0 Å². The molecule has 0 radical (unpaired) electrons. The number of benzene rings is 2. The van der Waals surface area contributed by atoms with E-state index in [2.05, 4.69) is 21.2 Å². The van der Waals surface area contributed by atoms with Gasteiger partial charge in [-0.05, 0) is 49.7 Å². The molecular weight excluding hydrogens is 404 g/mol. The van der Waals surface area contributed by atoms with E-state index in [0.29, 0.717) is 17.8 Å². The summed E-state index contributed by atoms with van der Waals surface area (Å²) < 4.78 is 26.3. The van der Waals surface area contributed by atoms with Crippen molar-refractivity contribution in [2.75, 3.05) is 22.4 Å². The zero-order chi connectivity index (χ0) is 18.4. The van der Waals surface area contributed by atoms with Gasteiger partial charge in [0.05, 0.1) is 11.9 Å². The molecule has 7 heteroatoms. The average molecular weight is 425 g/mol. The summed E-state index contributed by atoms with van der Waals surface area (Å²) in [6.07, 6.45) is 1.85. The van der Waals surface area contributed by atoms with Gasteiger partial charge in [-0.3, -0.25) is 9.10 Å². The minimum atomic E-state index is -3.40. The summed E-state index contributed by atoms with van der Waals surface area (Å²) in [7, 11) is -3.40. The van der Waals surface area contributed by atoms with Crippen molar-refractivity contribution < 1.29 is 13.2 Å². The molecule has 1 amide bonds. The Bertz CT molecular complexity index is 818. The van der Waals surface area contributed by atoms with Crippen molar-refractivity contribution >= 4 is 43.2 Å². The Labute approximate surface area is 157 Å². The summed E-state index contributed by atoms with van der Waals surface area (Å²) in [5.41, 5.74) is 2.39. The summed E-state index contributed by atoms with van der Waals surface area (Å²) in [4.78, 5) is 12.0. The Hall–Kier alpha value is -1.86. The third-order valence-electron chi connectivity index (χ3n) is 3.62. The normalized spacial score (nSPS) is 11.2. The Morgan fingerprint density at radius 2 is 1.68 bits per heavy atom. The second-order valence-electron chi connectivity index (χ2n) is 5.83.